The van der Waals surface area contributed by atoms with Crippen LogP contribution < -0.4 is 10.6 Å². The maximum absolute atomic E-state index is 5.80. The molecule has 0 radical (unpaired) electrons. The van der Waals surface area contributed by atoms with Gasteiger partial charge >= 0.3 is 0 Å². The summed E-state index contributed by atoms with van der Waals surface area (Å²) in [5.41, 5.74) is 0. The van der Waals surface area contributed by atoms with Gasteiger partial charge in [0, 0.05) is 10.6 Å². The van der Waals surface area contributed by atoms with Crippen molar-refractivity contribution in [1.29, 1.82) is 0 Å². The molecule has 1 nitrogen and oxygen atoms in total. The van der Waals surface area contributed by atoms with Crippen molar-refractivity contribution in [3.8, 4) is 0 Å². The van der Waals surface area contributed by atoms with Crippen molar-refractivity contribution < 1.29 is 4.44 Å². The van der Waals surface area contributed by atoms with Crippen molar-refractivity contribution in [1.82, 2.24) is 0 Å². The summed E-state index contributed by atoms with van der Waals surface area (Å²) in [6.07, 6.45) is 0. The van der Waals surface area contributed by atoms with Crippen LogP contribution >= 0.6 is 8.15 Å². The van der Waals surface area contributed by atoms with E-state index in [0.29, 0.717) is 0 Å². The van der Waals surface area contributed by atoms with Gasteiger partial charge in [-0.15, -0.1) is 0 Å². The predicted octanol–water partition coefficient (Wildman–Crippen LogP) is 2.75. The van der Waals surface area contributed by atoms with Crippen LogP contribution in [0.1, 0.15) is 0 Å². The highest BCUT2D eigenvalue weighted by Gasteiger charge is 2.15. The Hall–Kier alpha value is -1.63. The third-order valence-corrected chi connectivity index (χ3v) is 5.12. The molecule has 0 aromatic heterocycles. The van der Waals surface area contributed by atoms with E-state index in [1.165, 1.54) is 21.4 Å². The molecule has 1 atom stereocenters. The maximum Gasteiger partial charge on any atom is 0.263 e. The molecular weight excluding hydrogens is 250 g/mol. The minimum absolute atomic E-state index is 0.748. The van der Waals surface area contributed by atoms with Crippen LogP contribution in [0.4, 0.5) is 0 Å². The van der Waals surface area contributed by atoms with Crippen molar-refractivity contribution in [2.75, 3.05) is 0 Å². The SMILES string of the molecule is BO[P@](c1ccccc1)c1cccc2ccccc12. The Morgan fingerprint density at radius 3 is 2.21 bits per heavy atom. The van der Waals surface area contributed by atoms with Crippen LogP contribution in [0.5, 0.6) is 0 Å². The Kier molecular flexibility index (Phi) is 3.63. The molecule has 3 heteroatoms. The fourth-order valence-electron chi connectivity index (χ4n) is 2.29. The summed E-state index contributed by atoms with van der Waals surface area (Å²) in [5, 5.41) is 5.07. The fraction of sp³-hybridized carbons (Fsp3) is 0. The molecule has 0 saturated carbocycles. The van der Waals surface area contributed by atoms with Crippen LogP contribution in [0.25, 0.3) is 10.8 Å². The standard InChI is InChI=1S/C16H14BOP/c17-18-19(14-9-2-1-3-10-14)16-12-6-8-13-7-4-5-11-15(13)16/h1-12H,17H2/t19-/m1/s1. The largest absolute Gasteiger partial charge is 0.417 e. The van der Waals surface area contributed by atoms with E-state index in [0.717, 1.165) is 0 Å². The second-order valence-electron chi connectivity index (χ2n) is 4.31. The topological polar surface area (TPSA) is 9.23 Å². The zero-order valence-corrected chi connectivity index (χ0v) is 11.7. The molecule has 0 N–H and O–H groups in total. The molecule has 0 spiro atoms. The molecule has 0 unspecified atom stereocenters. The van der Waals surface area contributed by atoms with Crippen molar-refractivity contribution in [3.63, 3.8) is 0 Å². The Morgan fingerprint density at radius 1 is 0.737 bits per heavy atom. The summed E-state index contributed by atoms with van der Waals surface area (Å²) in [4.78, 5) is 0. The number of hydrogen-bond donors (Lipinski definition) is 0. The summed E-state index contributed by atoms with van der Waals surface area (Å²) in [5.74, 6) is 0. The highest BCUT2D eigenvalue weighted by atomic mass is 31.1. The van der Waals surface area contributed by atoms with Gasteiger partial charge in [-0.25, -0.2) is 0 Å². The molecule has 19 heavy (non-hydrogen) atoms. The third-order valence-electron chi connectivity index (χ3n) is 3.16. The highest BCUT2D eigenvalue weighted by Crippen LogP contribution is 2.36. The number of benzene rings is 3. The summed E-state index contributed by atoms with van der Waals surface area (Å²) in [6.45, 7) is 0. The Bertz CT molecular complexity index is 679. The van der Waals surface area contributed by atoms with Gasteiger partial charge in [-0.3, -0.25) is 0 Å². The first-order valence-electron chi connectivity index (χ1n) is 6.27. The van der Waals surface area contributed by atoms with Gasteiger partial charge < -0.3 is 4.44 Å². The molecule has 0 saturated heterocycles. The summed E-state index contributed by atoms with van der Waals surface area (Å²) in [6, 6.07) is 25.3. The van der Waals surface area contributed by atoms with Gasteiger partial charge in [-0.1, -0.05) is 72.8 Å². The molecule has 3 aromatic rings. The maximum atomic E-state index is 5.80. The lowest BCUT2D eigenvalue weighted by atomic mass is 10.1. The van der Waals surface area contributed by atoms with Crippen molar-refractivity contribution in [2.45, 2.75) is 0 Å². The average molecular weight is 264 g/mol. The number of rotatable bonds is 3. The summed E-state index contributed by atoms with van der Waals surface area (Å²) >= 11 is 0. The van der Waals surface area contributed by atoms with E-state index in [9.17, 15) is 0 Å². The molecule has 0 heterocycles. The van der Waals surface area contributed by atoms with E-state index in [-0.39, 0.29) is 0 Å². The molecule has 3 rings (SSSR count). The molecule has 0 amide bonds. The van der Waals surface area contributed by atoms with Crippen molar-refractivity contribution in [3.05, 3.63) is 72.8 Å². The number of fused-ring (bicyclic) bond motifs is 1. The van der Waals surface area contributed by atoms with E-state index in [2.05, 4.69) is 66.7 Å². The zero-order valence-electron chi connectivity index (χ0n) is 10.8. The van der Waals surface area contributed by atoms with Gasteiger partial charge in [0.1, 0.15) is 0 Å². The number of hydrogen-bond acceptors (Lipinski definition) is 1. The van der Waals surface area contributed by atoms with Crippen molar-refractivity contribution in [2.24, 2.45) is 0 Å². The first kappa shape index (κ1) is 12.4. The van der Waals surface area contributed by atoms with Crippen LogP contribution in [0.15, 0.2) is 72.8 Å². The van der Waals surface area contributed by atoms with Crippen LogP contribution in [0, 0.1) is 0 Å². The second kappa shape index (κ2) is 5.56. The normalized spacial score (nSPS) is 12.4. The average Bonchev–Trinajstić information content (AvgIpc) is 2.49. The van der Waals surface area contributed by atoms with E-state index in [1.54, 1.807) is 8.05 Å². The lowest BCUT2D eigenvalue weighted by Crippen LogP contribution is -2.13. The van der Waals surface area contributed by atoms with E-state index < -0.39 is 8.15 Å². The molecule has 0 fully saturated rings. The molecule has 0 aliphatic heterocycles. The van der Waals surface area contributed by atoms with Gasteiger partial charge in [0.2, 0.25) is 0 Å². The van der Waals surface area contributed by atoms with Crippen molar-refractivity contribution >= 4 is 37.6 Å². The Balaban J connectivity index is 2.17. The lowest BCUT2D eigenvalue weighted by molar-refractivity contribution is 0.705. The monoisotopic (exact) mass is 264 g/mol. The highest BCUT2D eigenvalue weighted by molar-refractivity contribution is 7.69. The van der Waals surface area contributed by atoms with Crippen LogP contribution in [-0.2, 0) is 4.44 Å². The minimum atomic E-state index is -0.748. The summed E-state index contributed by atoms with van der Waals surface area (Å²) < 4.78 is 5.80. The van der Waals surface area contributed by atoms with Crippen LogP contribution in [0.2, 0.25) is 0 Å². The predicted molar refractivity (Wildman–Crippen MR) is 86.2 cm³/mol. The first-order chi connectivity index (χ1) is 9.40. The van der Waals surface area contributed by atoms with Gasteiger partial charge in [-0.05, 0) is 10.8 Å². The van der Waals surface area contributed by atoms with Gasteiger partial charge in [0.15, 0.2) is 0 Å². The first-order valence-corrected chi connectivity index (χ1v) is 7.53. The fourth-order valence-corrected chi connectivity index (χ4v) is 4.06. The molecule has 92 valence electrons. The molecular formula is C16H14BOP. The quantitative estimate of drug-likeness (QED) is 0.522. The summed E-state index contributed by atoms with van der Waals surface area (Å²) in [7, 11) is 1.04. The van der Waals surface area contributed by atoms with Crippen LogP contribution in [0.3, 0.4) is 0 Å². The Morgan fingerprint density at radius 2 is 1.42 bits per heavy atom. The minimum Gasteiger partial charge on any atom is -0.417 e. The third kappa shape index (κ3) is 2.42. The zero-order chi connectivity index (χ0) is 13.1. The van der Waals surface area contributed by atoms with E-state index in [4.69, 9.17) is 4.44 Å². The smallest absolute Gasteiger partial charge is 0.263 e. The lowest BCUT2D eigenvalue weighted by Gasteiger charge is -2.18. The van der Waals surface area contributed by atoms with Gasteiger partial charge in [0.25, 0.3) is 8.05 Å². The molecule has 0 aliphatic carbocycles. The van der Waals surface area contributed by atoms with E-state index >= 15 is 0 Å². The van der Waals surface area contributed by atoms with Crippen LogP contribution in [-0.4, -0.2) is 8.05 Å². The molecule has 0 bridgehead atoms. The van der Waals surface area contributed by atoms with Gasteiger partial charge in [-0.2, -0.15) is 0 Å². The Labute approximate surface area is 115 Å². The molecule has 3 aromatic carbocycles. The van der Waals surface area contributed by atoms with Gasteiger partial charge in [0.05, 0.1) is 8.15 Å². The second-order valence-corrected chi connectivity index (χ2v) is 6.26. The van der Waals surface area contributed by atoms with E-state index in [1.807, 2.05) is 6.07 Å². The molecule has 0 aliphatic rings.